The molecule has 17 heavy (non-hydrogen) atoms. The molecule has 1 saturated carbocycles. The van der Waals surface area contributed by atoms with Crippen molar-refractivity contribution in [3.05, 3.63) is 35.9 Å². The van der Waals surface area contributed by atoms with E-state index in [1.807, 2.05) is 6.07 Å². The summed E-state index contributed by atoms with van der Waals surface area (Å²) in [4.78, 5) is 0. The van der Waals surface area contributed by atoms with Crippen molar-refractivity contribution < 1.29 is 5.11 Å². The molecule has 0 saturated heterocycles. The van der Waals surface area contributed by atoms with Crippen LogP contribution < -0.4 is 5.73 Å². The van der Waals surface area contributed by atoms with Crippen molar-refractivity contribution >= 4 is 0 Å². The fraction of sp³-hybridized carbons (Fsp3) is 0.600. The van der Waals surface area contributed by atoms with Crippen LogP contribution in [0.3, 0.4) is 0 Å². The van der Waals surface area contributed by atoms with Gasteiger partial charge < -0.3 is 10.8 Å². The van der Waals surface area contributed by atoms with E-state index in [2.05, 4.69) is 38.1 Å². The Bertz CT molecular complexity index is 354. The van der Waals surface area contributed by atoms with Gasteiger partial charge in [0.05, 0.1) is 6.10 Å². The lowest BCUT2D eigenvalue weighted by Gasteiger charge is -2.52. The highest BCUT2D eigenvalue weighted by Crippen LogP contribution is 2.53. The predicted octanol–water partition coefficient (Wildman–Crippen LogP) is 2.53. The van der Waals surface area contributed by atoms with E-state index < -0.39 is 0 Å². The number of hydrogen-bond donors (Lipinski definition) is 2. The number of aliphatic hydroxyl groups is 1. The maximum absolute atomic E-state index is 9.64. The molecule has 94 valence electrons. The Morgan fingerprint density at radius 1 is 1.29 bits per heavy atom. The topological polar surface area (TPSA) is 46.2 Å². The first-order valence-corrected chi connectivity index (χ1v) is 6.52. The van der Waals surface area contributed by atoms with Gasteiger partial charge >= 0.3 is 0 Å². The van der Waals surface area contributed by atoms with E-state index >= 15 is 0 Å². The molecule has 1 aliphatic carbocycles. The standard InChI is InChI=1S/C15H23NO/c1-11(2)14(12-6-4-3-5-7-12)15(10-16)8-13(17)9-15/h3-7,11,13-14,17H,8-10,16H2,1-2H3. The summed E-state index contributed by atoms with van der Waals surface area (Å²) in [5.74, 6) is 1.01. The zero-order chi connectivity index (χ0) is 12.5. The molecule has 2 rings (SSSR count). The molecule has 1 aromatic rings. The largest absolute Gasteiger partial charge is 0.393 e. The minimum absolute atomic E-state index is 0.106. The van der Waals surface area contributed by atoms with E-state index in [4.69, 9.17) is 5.73 Å². The average Bonchev–Trinajstić information content (AvgIpc) is 2.27. The van der Waals surface area contributed by atoms with Gasteiger partial charge in [-0.3, -0.25) is 0 Å². The molecular weight excluding hydrogens is 210 g/mol. The Hall–Kier alpha value is -0.860. The van der Waals surface area contributed by atoms with Crippen molar-refractivity contribution in [3.63, 3.8) is 0 Å². The Balaban J connectivity index is 2.30. The summed E-state index contributed by atoms with van der Waals surface area (Å²) < 4.78 is 0. The highest BCUT2D eigenvalue weighted by Gasteiger charge is 2.49. The Morgan fingerprint density at radius 3 is 2.29 bits per heavy atom. The molecule has 1 aromatic carbocycles. The summed E-state index contributed by atoms with van der Waals surface area (Å²) in [7, 11) is 0. The van der Waals surface area contributed by atoms with Gasteiger partial charge in [0, 0.05) is 0 Å². The fourth-order valence-electron chi connectivity index (χ4n) is 3.53. The van der Waals surface area contributed by atoms with Crippen LogP contribution in [-0.2, 0) is 0 Å². The molecule has 1 atom stereocenters. The second kappa shape index (κ2) is 4.79. The zero-order valence-corrected chi connectivity index (χ0v) is 10.8. The summed E-state index contributed by atoms with van der Waals surface area (Å²) in [5, 5.41) is 9.64. The summed E-state index contributed by atoms with van der Waals surface area (Å²) in [6.45, 7) is 5.17. The molecule has 2 nitrogen and oxygen atoms in total. The van der Waals surface area contributed by atoms with Crippen LogP contribution in [0.15, 0.2) is 30.3 Å². The minimum atomic E-state index is -0.150. The lowest BCUT2D eigenvalue weighted by molar-refractivity contribution is -0.0529. The molecule has 0 bridgehead atoms. The SMILES string of the molecule is CC(C)C(c1ccccc1)C1(CN)CC(O)C1. The summed E-state index contributed by atoms with van der Waals surface area (Å²) in [5.41, 5.74) is 7.46. The van der Waals surface area contributed by atoms with Crippen molar-refractivity contribution in [3.8, 4) is 0 Å². The number of benzene rings is 1. The first kappa shape index (κ1) is 12.6. The van der Waals surface area contributed by atoms with E-state index in [-0.39, 0.29) is 11.5 Å². The molecule has 2 heteroatoms. The summed E-state index contributed by atoms with van der Waals surface area (Å²) >= 11 is 0. The van der Waals surface area contributed by atoms with E-state index in [1.165, 1.54) is 5.56 Å². The van der Waals surface area contributed by atoms with Crippen LogP contribution in [0.4, 0.5) is 0 Å². The van der Waals surface area contributed by atoms with Gasteiger partial charge in [-0.05, 0) is 42.2 Å². The van der Waals surface area contributed by atoms with Crippen molar-refractivity contribution in [2.45, 2.75) is 38.7 Å². The molecule has 0 amide bonds. The Morgan fingerprint density at radius 2 is 1.88 bits per heavy atom. The van der Waals surface area contributed by atoms with Crippen LogP contribution >= 0.6 is 0 Å². The van der Waals surface area contributed by atoms with Crippen LogP contribution in [0.1, 0.15) is 38.2 Å². The Labute approximate surface area is 104 Å². The van der Waals surface area contributed by atoms with E-state index in [1.54, 1.807) is 0 Å². The van der Waals surface area contributed by atoms with Crippen molar-refractivity contribution in [2.24, 2.45) is 17.1 Å². The molecule has 0 aliphatic heterocycles. The average molecular weight is 233 g/mol. The van der Waals surface area contributed by atoms with Gasteiger partial charge in [0.25, 0.3) is 0 Å². The summed E-state index contributed by atoms with van der Waals surface area (Å²) in [6.07, 6.45) is 1.55. The van der Waals surface area contributed by atoms with Gasteiger partial charge in [-0.1, -0.05) is 44.2 Å². The van der Waals surface area contributed by atoms with Crippen LogP contribution in [0.5, 0.6) is 0 Å². The lowest BCUT2D eigenvalue weighted by Crippen LogP contribution is -2.51. The fourth-order valence-corrected chi connectivity index (χ4v) is 3.53. The van der Waals surface area contributed by atoms with Gasteiger partial charge in [0.2, 0.25) is 0 Å². The molecule has 3 N–H and O–H groups in total. The number of aliphatic hydroxyl groups excluding tert-OH is 1. The van der Waals surface area contributed by atoms with Gasteiger partial charge in [-0.2, -0.15) is 0 Å². The van der Waals surface area contributed by atoms with Gasteiger partial charge in [-0.15, -0.1) is 0 Å². The molecule has 0 radical (unpaired) electrons. The number of hydrogen-bond acceptors (Lipinski definition) is 2. The number of rotatable bonds is 4. The molecule has 0 spiro atoms. The first-order valence-electron chi connectivity index (χ1n) is 6.52. The van der Waals surface area contributed by atoms with Gasteiger partial charge in [0.1, 0.15) is 0 Å². The van der Waals surface area contributed by atoms with Crippen LogP contribution in [0.2, 0.25) is 0 Å². The number of nitrogens with two attached hydrogens (primary N) is 1. The molecule has 0 heterocycles. The van der Waals surface area contributed by atoms with Gasteiger partial charge in [-0.25, -0.2) is 0 Å². The minimum Gasteiger partial charge on any atom is -0.393 e. The van der Waals surface area contributed by atoms with Gasteiger partial charge in [0.15, 0.2) is 0 Å². The third-order valence-electron chi connectivity index (χ3n) is 4.18. The van der Waals surface area contributed by atoms with Crippen molar-refractivity contribution in [1.82, 2.24) is 0 Å². The monoisotopic (exact) mass is 233 g/mol. The zero-order valence-electron chi connectivity index (χ0n) is 10.8. The van der Waals surface area contributed by atoms with Crippen molar-refractivity contribution in [1.29, 1.82) is 0 Å². The lowest BCUT2D eigenvalue weighted by atomic mass is 9.55. The molecule has 1 unspecified atom stereocenters. The van der Waals surface area contributed by atoms with Crippen LogP contribution in [0, 0.1) is 11.3 Å². The summed E-state index contributed by atoms with van der Waals surface area (Å²) in [6, 6.07) is 10.6. The Kier molecular flexibility index (Phi) is 3.55. The first-order chi connectivity index (χ1) is 8.09. The molecule has 1 fully saturated rings. The molecular formula is C15H23NO. The maximum atomic E-state index is 9.64. The highest BCUT2D eigenvalue weighted by atomic mass is 16.3. The van der Waals surface area contributed by atoms with E-state index in [9.17, 15) is 5.11 Å². The third-order valence-corrected chi connectivity index (χ3v) is 4.18. The predicted molar refractivity (Wildman–Crippen MR) is 70.7 cm³/mol. The smallest absolute Gasteiger partial charge is 0.0552 e. The normalized spacial score (nSPS) is 30.1. The molecule has 0 aromatic heterocycles. The second-order valence-electron chi connectivity index (χ2n) is 5.76. The highest BCUT2D eigenvalue weighted by molar-refractivity contribution is 5.25. The van der Waals surface area contributed by atoms with Crippen molar-refractivity contribution in [2.75, 3.05) is 6.54 Å². The maximum Gasteiger partial charge on any atom is 0.0552 e. The van der Waals surface area contributed by atoms with Crippen LogP contribution in [0.25, 0.3) is 0 Å². The second-order valence-corrected chi connectivity index (χ2v) is 5.76. The van der Waals surface area contributed by atoms with E-state index in [0.29, 0.717) is 18.4 Å². The van der Waals surface area contributed by atoms with Crippen LogP contribution in [-0.4, -0.2) is 17.8 Å². The van der Waals surface area contributed by atoms with E-state index in [0.717, 1.165) is 12.8 Å². The quantitative estimate of drug-likeness (QED) is 0.839. The third kappa shape index (κ3) is 2.24. The molecule has 1 aliphatic rings.